The highest BCUT2D eigenvalue weighted by Gasteiger charge is 2.14. The zero-order valence-corrected chi connectivity index (χ0v) is 17.8. The first-order chi connectivity index (χ1) is 16.6. The van der Waals surface area contributed by atoms with E-state index in [0.29, 0.717) is 27.4 Å². The first-order valence-electron chi connectivity index (χ1n) is 10.5. The highest BCUT2D eigenvalue weighted by Crippen LogP contribution is 2.24. The Balaban J connectivity index is 1.41. The van der Waals surface area contributed by atoms with Gasteiger partial charge in [0, 0.05) is 10.9 Å². The van der Waals surface area contributed by atoms with E-state index in [-0.39, 0.29) is 23.1 Å². The average molecular weight is 450 g/mol. The topological polar surface area (TPSA) is 107 Å². The molecule has 0 bridgehead atoms. The summed E-state index contributed by atoms with van der Waals surface area (Å²) in [5, 5.41) is 9.88. The van der Waals surface area contributed by atoms with E-state index in [1.165, 1.54) is 12.5 Å². The Labute approximate surface area is 192 Å². The normalized spacial score (nSPS) is 11.3. The second-order valence-electron chi connectivity index (χ2n) is 7.53. The second kappa shape index (κ2) is 8.95. The molecule has 0 unspecified atom stereocenters. The minimum absolute atomic E-state index is 0.186. The molecule has 1 N–H and O–H groups in total. The van der Waals surface area contributed by atoms with Crippen molar-refractivity contribution in [3.63, 3.8) is 0 Å². The third kappa shape index (κ3) is 4.00. The number of rotatable bonds is 5. The van der Waals surface area contributed by atoms with E-state index < -0.39 is 5.91 Å². The fourth-order valence-corrected chi connectivity index (χ4v) is 3.68. The van der Waals surface area contributed by atoms with E-state index in [0.717, 1.165) is 10.2 Å². The molecule has 5 rings (SSSR count). The summed E-state index contributed by atoms with van der Waals surface area (Å²) in [7, 11) is 0. The lowest BCUT2D eigenvalue weighted by atomic mass is 10.1. The van der Waals surface area contributed by atoms with Gasteiger partial charge in [0.05, 0.1) is 28.2 Å². The molecule has 0 saturated heterocycles. The number of para-hydroxylation sites is 1. The standard InChI is InChI=1S/C26H18N4O4/c31-23(28-27-14-18-16-34-22-13-7-6-12-21(22)25(18)32)15-30-26(33)20-11-5-4-10-19(20)24(29-30)17-8-2-1-3-9-17/h1-14,16H,15H2,(H,28,31)/b27-14+. The van der Waals surface area contributed by atoms with Crippen molar-refractivity contribution in [3.05, 3.63) is 111 Å². The van der Waals surface area contributed by atoms with E-state index in [1.807, 2.05) is 42.5 Å². The largest absolute Gasteiger partial charge is 0.463 e. The molecule has 3 aromatic carbocycles. The van der Waals surface area contributed by atoms with Crippen LogP contribution in [-0.2, 0) is 11.3 Å². The Morgan fingerprint density at radius 1 is 0.912 bits per heavy atom. The second-order valence-corrected chi connectivity index (χ2v) is 7.53. The van der Waals surface area contributed by atoms with Crippen molar-refractivity contribution in [1.29, 1.82) is 0 Å². The van der Waals surface area contributed by atoms with Crippen molar-refractivity contribution in [1.82, 2.24) is 15.2 Å². The Bertz CT molecular complexity index is 1670. The maximum absolute atomic E-state index is 12.9. The van der Waals surface area contributed by atoms with Gasteiger partial charge in [0.25, 0.3) is 11.5 Å². The molecule has 0 aliphatic carbocycles. The molecular formula is C26H18N4O4. The molecule has 0 aliphatic heterocycles. The zero-order chi connectivity index (χ0) is 23.5. The molecule has 0 aliphatic rings. The van der Waals surface area contributed by atoms with Crippen LogP contribution in [0.5, 0.6) is 0 Å². The van der Waals surface area contributed by atoms with Gasteiger partial charge in [0.2, 0.25) is 5.43 Å². The number of carbonyl (C=O) groups excluding carboxylic acids is 1. The predicted octanol–water partition coefficient (Wildman–Crippen LogP) is 3.32. The molecule has 2 heterocycles. The summed E-state index contributed by atoms with van der Waals surface area (Å²) in [6.07, 6.45) is 2.49. The van der Waals surface area contributed by atoms with E-state index >= 15 is 0 Å². The quantitative estimate of drug-likeness (QED) is 0.327. The molecule has 166 valence electrons. The van der Waals surface area contributed by atoms with Crippen LogP contribution in [-0.4, -0.2) is 21.9 Å². The molecule has 0 spiro atoms. The number of hydrazone groups is 1. The van der Waals surface area contributed by atoms with Crippen LogP contribution < -0.4 is 16.4 Å². The molecule has 2 aromatic heterocycles. The van der Waals surface area contributed by atoms with Gasteiger partial charge in [0.1, 0.15) is 18.4 Å². The molecular weight excluding hydrogens is 432 g/mol. The molecule has 0 fully saturated rings. The number of nitrogens with zero attached hydrogens (tertiary/aromatic N) is 3. The van der Waals surface area contributed by atoms with Gasteiger partial charge in [-0.2, -0.15) is 10.2 Å². The van der Waals surface area contributed by atoms with Crippen LogP contribution in [0.3, 0.4) is 0 Å². The Morgan fingerprint density at radius 3 is 2.38 bits per heavy atom. The number of nitrogens with one attached hydrogen (secondary N) is 1. The van der Waals surface area contributed by atoms with Crippen molar-refractivity contribution in [2.75, 3.05) is 0 Å². The SMILES string of the molecule is O=C(Cn1nc(-c2ccccc2)c2ccccc2c1=O)N/N=C/c1coc2ccccc2c1=O. The number of benzene rings is 3. The number of aromatic nitrogens is 2. The summed E-state index contributed by atoms with van der Waals surface area (Å²) in [6, 6.07) is 23.4. The summed E-state index contributed by atoms with van der Waals surface area (Å²) in [6.45, 7) is -0.340. The molecule has 0 atom stereocenters. The average Bonchev–Trinajstić information content (AvgIpc) is 2.88. The molecule has 8 heteroatoms. The number of carbonyl (C=O) groups is 1. The van der Waals surface area contributed by atoms with Gasteiger partial charge in [-0.05, 0) is 18.2 Å². The Kier molecular flexibility index (Phi) is 5.53. The fraction of sp³-hybridized carbons (Fsp3) is 0.0385. The fourth-order valence-electron chi connectivity index (χ4n) is 3.68. The summed E-state index contributed by atoms with van der Waals surface area (Å²) in [5.41, 5.74) is 3.77. The lowest BCUT2D eigenvalue weighted by Gasteiger charge is -2.10. The first kappa shape index (κ1) is 21.0. The molecule has 0 saturated carbocycles. The third-order valence-electron chi connectivity index (χ3n) is 5.31. The monoisotopic (exact) mass is 450 g/mol. The lowest BCUT2D eigenvalue weighted by molar-refractivity contribution is -0.121. The van der Waals surface area contributed by atoms with Crippen LogP contribution in [0.4, 0.5) is 0 Å². The van der Waals surface area contributed by atoms with Gasteiger partial charge in [0.15, 0.2) is 0 Å². The number of hydrogen-bond donors (Lipinski definition) is 1. The van der Waals surface area contributed by atoms with Gasteiger partial charge >= 0.3 is 0 Å². The summed E-state index contributed by atoms with van der Waals surface area (Å²) >= 11 is 0. The van der Waals surface area contributed by atoms with E-state index in [4.69, 9.17) is 4.42 Å². The predicted molar refractivity (Wildman–Crippen MR) is 130 cm³/mol. The van der Waals surface area contributed by atoms with Crippen molar-refractivity contribution in [2.24, 2.45) is 5.10 Å². The maximum Gasteiger partial charge on any atom is 0.275 e. The third-order valence-corrected chi connectivity index (χ3v) is 5.31. The summed E-state index contributed by atoms with van der Waals surface area (Å²) in [4.78, 5) is 38.0. The van der Waals surface area contributed by atoms with Gasteiger partial charge in [-0.1, -0.05) is 60.7 Å². The van der Waals surface area contributed by atoms with Crippen LogP contribution in [0.15, 0.2) is 104 Å². The number of hydrogen-bond acceptors (Lipinski definition) is 6. The first-order valence-corrected chi connectivity index (χ1v) is 10.5. The van der Waals surface area contributed by atoms with Crippen LogP contribution in [0.1, 0.15) is 5.56 Å². The van der Waals surface area contributed by atoms with Crippen LogP contribution in [0.25, 0.3) is 33.0 Å². The van der Waals surface area contributed by atoms with E-state index in [9.17, 15) is 14.4 Å². The van der Waals surface area contributed by atoms with Crippen molar-refractivity contribution in [3.8, 4) is 11.3 Å². The summed E-state index contributed by atoms with van der Waals surface area (Å²) in [5.74, 6) is -0.565. The molecule has 34 heavy (non-hydrogen) atoms. The smallest absolute Gasteiger partial charge is 0.275 e. The van der Waals surface area contributed by atoms with Gasteiger partial charge in [-0.15, -0.1) is 0 Å². The van der Waals surface area contributed by atoms with Gasteiger partial charge < -0.3 is 4.42 Å². The molecule has 8 nitrogen and oxygen atoms in total. The van der Waals surface area contributed by atoms with Crippen LogP contribution >= 0.6 is 0 Å². The number of amides is 1. The maximum atomic E-state index is 12.9. The van der Waals surface area contributed by atoms with Crippen LogP contribution in [0.2, 0.25) is 0 Å². The highest BCUT2D eigenvalue weighted by molar-refractivity contribution is 5.94. The lowest BCUT2D eigenvalue weighted by Crippen LogP contribution is -2.32. The van der Waals surface area contributed by atoms with Crippen molar-refractivity contribution < 1.29 is 9.21 Å². The minimum Gasteiger partial charge on any atom is -0.463 e. The molecule has 0 radical (unpaired) electrons. The minimum atomic E-state index is -0.565. The molecule has 5 aromatic rings. The van der Waals surface area contributed by atoms with Crippen molar-refractivity contribution >= 4 is 33.9 Å². The summed E-state index contributed by atoms with van der Waals surface area (Å²) < 4.78 is 6.54. The zero-order valence-electron chi connectivity index (χ0n) is 17.8. The van der Waals surface area contributed by atoms with Gasteiger partial charge in [-0.3, -0.25) is 14.4 Å². The highest BCUT2D eigenvalue weighted by atomic mass is 16.3. The Hall–Kier alpha value is -4.85. The van der Waals surface area contributed by atoms with Crippen molar-refractivity contribution in [2.45, 2.75) is 6.54 Å². The van der Waals surface area contributed by atoms with E-state index in [1.54, 1.807) is 36.4 Å². The molecule has 1 amide bonds. The van der Waals surface area contributed by atoms with E-state index in [2.05, 4.69) is 15.6 Å². The Morgan fingerprint density at radius 2 is 1.59 bits per heavy atom. The van der Waals surface area contributed by atoms with Crippen LogP contribution in [0, 0.1) is 0 Å². The number of fused-ring (bicyclic) bond motifs is 2. The van der Waals surface area contributed by atoms with Gasteiger partial charge in [-0.25, -0.2) is 10.1 Å².